The highest BCUT2D eigenvalue weighted by molar-refractivity contribution is 5.22. The van der Waals surface area contributed by atoms with Crippen molar-refractivity contribution >= 4 is 0 Å². The molecule has 0 fully saturated rings. The lowest BCUT2D eigenvalue weighted by Crippen LogP contribution is -1.93. The summed E-state index contributed by atoms with van der Waals surface area (Å²) in [5.41, 5.74) is 7.69. The molecule has 1 nitrogen and oxygen atoms in total. The molecule has 0 aliphatic carbocycles. The number of nitrogens with two attached hydrogens (primary N) is 1. The van der Waals surface area contributed by atoms with Gasteiger partial charge in [0.05, 0.1) is 0 Å². The Morgan fingerprint density at radius 3 is 2.58 bits per heavy atom. The second-order valence-electron chi connectivity index (χ2n) is 2.63. The topological polar surface area (TPSA) is 26.0 Å². The van der Waals surface area contributed by atoms with Crippen LogP contribution in [-0.2, 0) is 0 Å². The molecule has 12 heavy (non-hydrogen) atoms. The van der Waals surface area contributed by atoms with Crippen LogP contribution in [-0.4, -0.2) is 0 Å². The molecule has 0 radical (unpaired) electrons. The molecule has 0 unspecified atom stereocenters. The maximum Gasteiger partial charge on any atom is 0.0119 e. The summed E-state index contributed by atoms with van der Waals surface area (Å²) < 4.78 is 0. The summed E-state index contributed by atoms with van der Waals surface area (Å²) >= 11 is 0. The largest absolute Gasteiger partial charge is 0.402 e. The Kier molecular flexibility index (Phi) is 5.80. The van der Waals surface area contributed by atoms with E-state index in [-0.39, 0.29) is 0 Å². The molecule has 0 aliphatic heterocycles. The lowest BCUT2D eigenvalue weighted by molar-refractivity contribution is 1.16. The summed E-state index contributed by atoms with van der Waals surface area (Å²) in [5.74, 6) is 0. The van der Waals surface area contributed by atoms with Crippen molar-refractivity contribution < 1.29 is 0 Å². The summed E-state index contributed by atoms with van der Waals surface area (Å²) in [6, 6.07) is 0. The minimum atomic E-state index is 0.817. The Balaban J connectivity index is 4.08. The molecule has 0 heterocycles. The molecule has 0 bridgehead atoms. The number of rotatable bonds is 4. The minimum Gasteiger partial charge on any atom is -0.402 e. The molecule has 0 aliphatic rings. The van der Waals surface area contributed by atoms with Crippen LogP contribution in [0, 0.1) is 0 Å². The maximum absolute atomic E-state index is 5.69. The molecule has 0 saturated carbocycles. The zero-order chi connectivity index (χ0) is 9.40. The highest BCUT2D eigenvalue weighted by Crippen LogP contribution is 1.98. The zero-order valence-corrected chi connectivity index (χ0v) is 7.88. The Labute approximate surface area is 75.0 Å². The van der Waals surface area contributed by atoms with E-state index in [1.807, 2.05) is 38.2 Å². The van der Waals surface area contributed by atoms with Gasteiger partial charge in [-0.1, -0.05) is 36.5 Å². The fourth-order valence-electron chi connectivity index (χ4n) is 0.629. The van der Waals surface area contributed by atoms with Crippen molar-refractivity contribution in [2.75, 3.05) is 0 Å². The van der Waals surface area contributed by atoms with Gasteiger partial charge in [-0.2, -0.15) is 0 Å². The lowest BCUT2D eigenvalue weighted by Gasteiger charge is -1.93. The number of hydrogen-bond acceptors (Lipinski definition) is 1. The molecule has 2 N–H and O–H groups in total. The Morgan fingerprint density at radius 2 is 2.08 bits per heavy atom. The first-order valence-corrected chi connectivity index (χ1v) is 4.07. The predicted molar refractivity (Wildman–Crippen MR) is 55.7 cm³/mol. The summed E-state index contributed by atoms with van der Waals surface area (Å²) in [6.45, 7) is 7.63. The third-order valence-corrected chi connectivity index (χ3v) is 1.47. The first-order valence-electron chi connectivity index (χ1n) is 4.07. The van der Waals surface area contributed by atoms with E-state index in [1.165, 1.54) is 0 Å². The Hall–Kier alpha value is -1.24. The van der Waals surface area contributed by atoms with E-state index in [9.17, 15) is 0 Å². The molecule has 1 heteroatoms. The Morgan fingerprint density at radius 1 is 1.42 bits per heavy atom. The molecule has 0 aromatic rings. The van der Waals surface area contributed by atoms with Gasteiger partial charge in [-0.15, -0.1) is 0 Å². The molecule has 0 atom stereocenters. The molecular formula is C11H17N. The van der Waals surface area contributed by atoms with Crippen molar-refractivity contribution in [1.29, 1.82) is 0 Å². The van der Waals surface area contributed by atoms with Crippen LogP contribution in [0.4, 0.5) is 0 Å². The molecule has 0 aromatic carbocycles. The van der Waals surface area contributed by atoms with Crippen LogP contribution in [0.3, 0.4) is 0 Å². The van der Waals surface area contributed by atoms with E-state index in [4.69, 9.17) is 5.73 Å². The monoisotopic (exact) mass is 163 g/mol. The third kappa shape index (κ3) is 5.54. The normalized spacial score (nSPS) is 13.8. The quantitative estimate of drug-likeness (QED) is 0.500. The van der Waals surface area contributed by atoms with Crippen molar-refractivity contribution in [2.24, 2.45) is 5.73 Å². The van der Waals surface area contributed by atoms with Crippen LogP contribution >= 0.6 is 0 Å². The van der Waals surface area contributed by atoms with Gasteiger partial charge in [0.15, 0.2) is 0 Å². The first-order chi connectivity index (χ1) is 5.70. The van der Waals surface area contributed by atoms with E-state index in [0.29, 0.717) is 0 Å². The smallest absolute Gasteiger partial charge is 0.0119 e. The number of hydrogen-bond donors (Lipinski definition) is 1. The third-order valence-electron chi connectivity index (χ3n) is 1.47. The van der Waals surface area contributed by atoms with Crippen molar-refractivity contribution in [3.05, 3.63) is 48.2 Å². The summed E-state index contributed by atoms with van der Waals surface area (Å²) in [6.07, 6.45) is 10.5. The van der Waals surface area contributed by atoms with Crippen molar-refractivity contribution in [3.8, 4) is 0 Å². The highest BCUT2D eigenvalue weighted by atomic mass is 14.6. The molecule has 66 valence electrons. The van der Waals surface area contributed by atoms with Crippen molar-refractivity contribution in [3.63, 3.8) is 0 Å². The molecule has 0 spiro atoms. The SMILES string of the molecule is C=C/C(C)=C\C=C(\N)C/C=C\C. The van der Waals surface area contributed by atoms with E-state index in [1.54, 1.807) is 6.08 Å². The van der Waals surface area contributed by atoms with E-state index in [0.717, 1.165) is 17.7 Å². The van der Waals surface area contributed by atoms with Crippen LogP contribution in [0.15, 0.2) is 48.2 Å². The average Bonchev–Trinajstić information content (AvgIpc) is 2.10. The van der Waals surface area contributed by atoms with Gasteiger partial charge >= 0.3 is 0 Å². The standard InChI is InChI=1S/C11H17N/c1-4-6-7-11(12)9-8-10(3)5-2/h4-6,8-9H,2,7,12H2,1,3H3/b6-4-,10-8-,11-9+. The summed E-state index contributed by atoms with van der Waals surface area (Å²) in [5, 5.41) is 0. The second-order valence-corrected chi connectivity index (χ2v) is 2.63. The van der Waals surface area contributed by atoms with E-state index in [2.05, 4.69) is 6.58 Å². The van der Waals surface area contributed by atoms with Gasteiger partial charge in [-0.25, -0.2) is 0 Å². The van der Waals surface area contributed by atoms with Gasteiger partial charge in [-0.3, -0.25) is 0 Å². The number of allylic oxidation sites excluding steroid dienone is 6. The van der Waals surface area contributed by atoms with E-state index >= 15 is 0 Å². The lowest BCUT2D eigenvalue weighted by atomic mass is 10.2. The first kappa shape index (κ1) is 10.8. The van der Waals surface area contributed by atoms with Gasteiger partial charge in [0.1, 0.15) is 0 Å². The highest BCUT2D eigenvalue weighted by Gasteiger charge is 1.82. The molecule has 0 amide bonds. The van der Waals surface area contributed by atoms with E-state index < -0.39 is 0 Å². The van der Waals surface area contributed by atoms with Crippen LogP contribution in [0.5, 0.6) is 0 Å². The summed E-state index contributed by atoms with van der Waals surface area (Å²) in [7, 11) is 0. The zero-order valence-electron chi connectivity index (χ0n) is 7.88. The molecule has 0 saturated heterocycles. The average molecular weight is 163 g/mol. The molecular weight excluding hydrogens is 146 g/mol. The predicted octanol–water partition coefficient (Wildman–Crippen LogP) is 2.93. The fourth-order valence-corrected chi connectivity index (χ4v) is 0.629. The van der Waals surface area contributed by atoms with Gasteiger partial charge in [-0.05, 0) is 19.9 Å². The van der Waals surface area contributed by atoms with Crippen LogP contribution in [0.25, 0.3) is 0 Å². The molecule has 0 rings (SSSR count). The second kappa shape index (κ2) is 6.47. The van der Waals surface area contributed by atoms with Gasteiger partial charge in [0.2, 0.25) is 0 Å². The maximum atomic E-state index is 5.69. The van der Waals surface area contributed by atoms with Crippen molar-refractivity contribution in [1.82, 2.24) is 0 Å². The summed E-state index contributed by atoms with van der Waals surface area (Å²) in [4.78, 5) is 0. The van der Waals surface area contributed by atoms with Crippen LogP contribution in [0.1, 0.15) is 20.3 Å². The van der Waals surface area contributed by atoms with Gasteiger partial charge in [0.25, 0.3) is 0 Å². The van der Waals surface area contributed by atoms with Gasteiger partial charge < -0.3 is 5.73 Å². The van der Waals surface area contributed by atoms with Crippen molar-refractivity contribution in [2.45, 2.75) is 20.3 Å². The molecule has 0 aromatic heterocycles. The fraction of sp³-hybridized carbons (Fsp3) is 0.273. The van der Waals surface area contributed by atoms with Crippen LogP contribution < -0.4 is 5.73 Å². The Bertz CT molecular complexity index is 219. The van der Waals surface area contributed by atoms with Gasteiger partial charge in [0, 0.05) is 12.1 Å². The minimum absolute atomic E-state index is 0.817. The van der Waals surface area contributed by atoms with Crippen LogP contribution in [0.2, 0.25) is 0 Å².